The van der Waals surface area contributed by atoms with Crippen LogP contribution in [0.25, 0.3) is 0 Å². The quantitative estimate of drug-likeness (QED) is 0.359. The lowest BCUT2D eigenvalue weighted by atomic mass is 10.1. The molecule has 2 amide bonds. The van der Waals surface area contributed by atoms with Crippen molar-refractivity contribution < 1.29 is 23.8 Å². The van der Waals surface area contributed by atoms with Crippen LogP contribution in [0.2, 0.25) is 0 Å². The molecule has 36 heavy (non-hydrogen) atoms. The Morgan fingerprint density at radius 2 is 1.69 bits per heavy atom. The van der Waals surface area contributed by atoms with Crippen molar-refractivity contribution in [3.8, 4) is 23.0 Å². The Balaban J connectivity index is 1.09. The predicted molar refractivity (Wildman–Crippen MR) is 135 cm³/mol. The first-order chi connectivity index (χ1) is 17.6. The minimum atomic E-state index is -0.368. The highest BCUT2D eigenvalue weighted by Gasteiger charge is 2.33. The third-order valence-electron chi connectivity index (χ3n) is 5.99. The summed E-state index contributed by atoms with van der Waals surface area (Å²) in [7, 11) is 0. The van der Waals surface area contributed by atoms with Gasteiger partial charge < -0.3 is 19.5 Å². The van der Waals surface area contributed by atoms with E-state index >= 15 is 0 Å². The zero-order valence-electron chi connectivity index (χ0n) is 19.0. The zero-order valence-corrected chi connectivity index (χ0v) is 19.8. The van der Waals surface area contributed by atoms with Crippen molar-refractivity contribution in [3.63, 3.8) is 0 Å². The van der Waals surface area contributed by atoms with Crippen molar-refractivity contribution in [1.29, 1.82) is 0 Å². The van der Waals surface area contributed by atoms with Gasteiger partial charge in [0, 0.05) is 16.1 Å². The average molecular weight is 500 g/mol. The molecule has 0 saturated carbocycles. The lowest BCUT2D eigenvalue weighted by Crippen LogP contribution is -2.20. The molecule has 0 spiro atoms. The third-order valence-corrected chi connectivity index (χ3v) is 7.04. The Hall–Kier alpha value is -4.37. The highest BCUT2D eigenvalue weighted by Crippen LogP contribution is 2.39. The van der Waals surface area contributed by atoms with Gasteiger partial charge in [-0.05, 0) is 67.4 Å². The van der Waals surface area contributed by atoms with E-state index < -0.39 is 0 Å². The van der Waals surface area contributed by atoms with Gasteiger partial charge in [0.25, 0.3) is 5.91 Å². The molecule has 180 valence electrons. The molecular weight excluding hydrogens is 478 g/mol. The predicted octanol–water partition coefficient (Wildman–Crippen LogP) is 5.58. The maximum absolute atomic E-state index is 13.0. The molecule has 0 bridgehead atoms. The largest absolute Gasteiger partial charge is 0.457 e. The molecule has 9 heteroatoms. The van der Waals surface area contributed by atoms with E-state index in [4.69, 9.17) is 14.2 Å². The van der Waals surface area contributed by atoms with E-state index in [1.165, 1.54) is 11.3 Å². The van der Waals surface area contributed by atoms with E-state index in [-0.39, 0.29) is 24.5 Å². The Bertz CT molecular complexity index is 1440. The van der Waals surface area contributed by atoms with Gasteiger partial charge in [-0.1, -0.05) is 18.2 Å². The van der Waals surface area contributed by atoms with Crippen molar-refractivity contribution in [1.82, 2.24) is 4.98 Å². The molecule has 6 rings (SSSR count). The van der Waals surface area contributed by atoms with E-state index in [2.05, 4.69) is 15.6 Å². The summed E-state index contributed by atoms with van der Waals surface area (Å²) in [6.45, 7) is 0.147. The molecule has 8 nitrogen and oxygen atoms in total. The van der Waals surface area contributed by atoms with Crippen molar-refractivity contribution in [2.45, 2.75) is 18.8 Å². The summed E-state index contributed by atoms with van der Waals surface area (Å²) in [5, 5.41) is 6.29. The highest BCUT2D eigenvalue weighted by molar-refractivity contribution is 7.16. The number of para-hydroxylation sites is 1. The molecule has 2 heterocycles. The van der Waals surface area contributed by atoms with Crippen molar-refractivity contribution in [2.24, 2.45) is 0 Å². The lowest BCUT2D eigenvalue weighted by Gasteiger charge is -2.12. The number of carbonyl (C=O) groups excluding carboxylic acids is 2. The Kier molecular flexibility index (Phi) is 5.74. The number of amides is 2. The van der Waals surface area contributed by atoms with Gasteiger partial charge in [0.05, 0.1) is 11.6 Å². The molecule has 2 N–H and O–H groups in total. The number of aryl methyl sites for hydroxylation is 1. The maximum Gasteiger partial charge on any atom is 0.257 e. The minimum absolute atomic E-state index is 0.121. The van der Waals surface area contributed by atoms with E-state index in [1.54, 1.807) is 18.2 Å². The van der Waals surface area contributed by atoms with Crippen LogP contribution in [-0.2, 0) is 11.2 Å². The molecule has 4 aromatic rings. The molecule has 2 aliphatic rings. The van der Waals surface area contributed by atoms with Crippen LogP contribution in [0.4, 0.5) is 10.8 Å². The normalized spacial score (nSPS) is 15.3. The molecule has 1 aliphatic carbocycles. The van der Waals surface area contributed by atoms with Crippen molar-refractivity contribution in [3.05, 3.63) is 88.9 Å². The number of hydrogen-bond acceptors (Lipinski definition) is 7. The second-order valence-electron chi connectivity index (χ2n) is 8.37. The average Bonchev–Trinajstić information content (AvgIpc) is 3.61. The topological polar surface area (TPSA) is 98.8 Å². The number of fused-ring (bicyclic) bond motifs is 2. The fraction of sp³-hybridized carbons (Fsp3) is 0.148. The van der Waals surface area contributed by atoms with Gasteiger partial charge in [-0.25, -0.2) is 4.98 Å². The zero-order chi connectivity index (χ0) is 24.5. The van der Waals surface area contributed by atoms with Crippen LogP contribution in [0.3, 0.4) is 0 Å². The first-order valence-electron chi connectivity index (χ1n) is 11.5. The number of nitrogens with one attached hydrogen (secondary N) is 2. The summed E-state index contributed by atoms with van der Waals surface area (Å²) < 4.78 is 16.4. The number of aromatic nitrogens is 1. The number of benzene rings is 3. The standard InChI is InChI=1S/C27H21N3O5S/c31-25(16-6-12-21-22(14-16)34-15-33-21)30-27-29-24-20(11-13-23(24)36-27)26(32)28-17-7-9-19(10-8-17)35-18-4-2-1-3-5-18/h1-10,12,14,20H,11,13,15H2,(H,28,32)(H,29,30,31). The fourth-order valence-corrected chi connectivity index (χ4v) is 5.24. The van der Waals surface area contributed by atoms with Gasteiger partial charge in [0.1, 0.15) is 11.5 Å². The van der Waals surface area contributed by atoms with Gasteiger partial charge >= 0.3 is 0 Å². The van der Waals surface area contributed by atoms with Crippen LogP contribution in [-0.4, -0.2) is 23.6 Å². The number of nitrogens with zero attached hydrogens (tertiary/aromatic N) is 1. The Morgan fingerprint density at radius 1 is 0.917 bits per heavy atom. The second-order valence-corrected chi connectivity index (χ2v) is 9.45. The van der Waals surface area contributed by atoms with Gasteiger partial charge in [-0.3, -0.25) is 14.9 Å². The van der Waals surface area contributed by atoms with Gasteiger partial charge in [-0.15, -0.1) is 11.3 Å². The monoisotopic (exact) mass is 499 g/mol. The second kappa shape index (κ2) is 9.35. The number of thiazole rings is 1. The van der Waals surface area contributed by atoms with E-state index in [9.17, 15) is 9.59 Å². The van der Waals surface area contributed by atoms with Crippen LogP contribution >= 0.6 is 11.3 Å². The fourth-order valence-electron chi connectivity index (χ4n) is 4.20. The van der Waals surface area contributed by atoms with Crippen LogP contribution in [0, 0.1) is 0 Å². The van der Waals surface area contributed by atoms with E-state index in [1.807, 2.05) is 54.6 Å². The van der Waals surface area contributed by atoms with Gasteiger partial charge in [-0.2, -0.15) is 0 Å². The number of anilines is 2. The SMILES string of the molecule is O=C(Nc1nc2c(s1)CCC2C(=O)Nc1ccc(Oc2ccccc2)cc1)c1ccc2c(c1)OCO2. The number of carbonyl (C=O) groups is 2. The van der Waals surface area contributed by atoms with Crippen LogP contribution in [0.15, 0.2) is 72.8 Å². The van der Waals surface area contributed by atoms with E-state index in [0.717, 1.165) is 22.7 Å². The molecular formula is C27H21N3O5S. The van der Waals surface area contributed by atoms with Crippen LogP contribution in [0.5, 0.6) is 23.0 Å². The minimum Gasteiger partial charge on any atom is -0.457 e. The summed E-state index contributed by atoms with van der Waals surface area (Å²) in [5.74, 6) is 1.81. The molecule has 0 fully saturated rings. The number of hydrogen-bond donors (Lipinski definition) is 2. The molecule has 3 aromatic carbocycles. The Morgan fingerprint density at radius 3 is 2.53 bits per heavy atom. The van der Waals surface area contributed by atoms with E-state index in [0.29, 0.717) is 40.1 Å². The molecule has 1 unspecified atom stereocenters. The summed E-state index contributed by atoms with van der Waals surface area (Å²) in [4.78, 5) is 31.3. The summed E-state index contributed by atoms with van der Waals surface area (Å²) in [6.07, 6.45) is 1.43. The van der Waals surface area contributed by atoms with Gasteiger partial charge in [0.15, 0.2) is 16.6 Å². The van der Waals surface area contributed by atoms with Gasteiger partial charge in [0.2, 0.25) is 12.7 Å². The lowest BCUT2D eigenvalue weighted by molar-refractivity contribution is -0.117. The molecule has 0 radical (unpaired) electrons. The summed E-state index contributed by atoms with van der Waals surface area (Å²) in [6, 6.07) is 21.8. The summed E-state index contributed by atoms with van der Waals surface area (Å²) >= 11 is 1.41. The third kappa shape index (κ3) is 4.48. The first kappa shape index (κ1) is 22.1. The maximum atomic E-state index is 13.0. The summed E-state index contributed by atoms with van der Waals surface area (Å²) in [5.41, 5.74) is 1.85. The van der Waals surface area contributed by atoms with Crippen LogP contribution in [0.1, 0.15) is 33.3 Å². The molecule has 0 saturated heterocycles. The number of ether oxygens (including phenoxy) is 3. The molecule has 1 aliphatic heterocycles. The molecule has 1 aromatic heterocycles. The Labute approximate surface area is 210 Å². The number of rotatable bonds is 6. The molecule has 1 atom stereocenters. The van der Waals surface area contributed by atoms with Crippen molar-refractivity contribution >= 4 is 34.0 Å². The van der Waals surface area contributed by atoms with Crippen molar-refractivity contribution in [2.75, 3.05) is 17.4 Å². The van der Waals surface area contributed by atoms with Crippen LogP contribution < -0.4 is 24.8 Å². The first-order valence-corrected chi connectivity index (χ1v) is 12.3. The smallest absolute Gasteiger partial charge is 0.257 e. The highest BCUT2D eigenvalue weighted by atomic mass is 32.1.